The fraction of sp³-hybridized carbons (Fsp3) is 0.500. The SMILES string of the molecule is ClCCCCSc1ncccn1. The minimum absolute atomic E-state index is 0.746. The molecule has 1 aromatic rings. The van der Waals surface area contributed by atoms with Gasteiger partial charge in [-0.05, 0) is 18.9 Å². The molecule has 0 amide bonds. The summed E-state index contributed by atoms with van der Waals surface area (Å²) in [5.74, 6) is 1.80. The van der Waals surface area contributed by atoms with Gasteiger partial charge >= 0.3 is 0 Å². The maximum absolute atomic E-state index is 5.54. The summed E-state index contributed by atoms with van der Waals surface area (Å²) in [5, 5.41) is 0.854. The lowest BCUT2D eigenvalue weighted by Crippen LogP contribution is -1.86. The zero-order valence-corrected chi connectivity index (χ0v) is 8.31. The molecule has 0 saturated heterocycles. The predicted molar refractivity (Wildman–Crippen MR) is 52.7 cm³/mol. The van der Waals surface area contributed by atoms with Gasteiger partial charge in [0.15, 0.2) is 5.16 Å². The zero-order valence-electron chi connectivity index (χ0n) is 6.74. The van der Waals surface area contributed by atoms with Gasteiger partial charge in [-0.1, -0.05) is 11.8 Å². The summed E-state index contributed by atoms with van der Waals surface area (Å²) in [6.07, 6.45) is 5.72. The van der Waals surface area contributed by atoms with Crippen molar-refractivity contribution in [3.05, 3.63) is 18.5 Å². The summed E-state index contributed by atoms with van der Waals surface area (Å²) >= 11 is 7.22. The minimum atomic E-state index is 0.746. The van der Waals surface area contributed by atoms with E-state index in [1.807, 2.05) is 6.07 Å². The number of thioether (sulfide) groups is 1. The van der Waals surface area contributed by atoms with Crippen LogP contribution in [0.5, 0.6) is 0 Å². The molecule has 0 saturated carbocycles. The molecular formula is C8H11ClN2S. The standard InChI is InChI=1S/C8H11ClN2S/c9-4-1-2-7-12-8-10-5-3-6-11-8/h3,5-6H,1-2,4,7H2. The molecule has 4 heteroatoms. The van der Waals surface area contributed by atoms with Crippen molar-refractivity contribution in [3.8, 4) is 0 Å². The highest BCUT2D eigenvalue weighted by Crippen LogP contribution is 2.12. The average molecular weight is 203 g/mol. The van der Waals surface area contributed by atoms with E-state index in [1.54, 1.807) is 24.2 Å². The van der Waals surface area contributed by atoms with Crippen molar-refractivity contribution in [3.63, 3.8) is 0 Å². The Morgan fingerprint density at radius 3 is 2.67 bits per heavy atom. The molecule has 0 spiro atoms. The van der Waals surface area contributed by atoms with Crippen LogP contribution >= 0.6 is 23.4 Å². The molecule has 1 aromatic heterocycles. The largest absolute Gasteiger partial charge is 0.231 e. The fourth-order valence-electron chi connectivity index (χ4n) is 0.720. The second-order valence-corrected chi connectivity index (χ2v) is 3.72. The van der Waals surface area contributed by atoms with E-state index < -0.39 is 0 Å². The van der Waals surface area contributed by atoms with E-state index in [1.165, 1.54) is 0 Å². The first-order valence-electron chi connectivity index (χ1n) is 3.89. The van der Waals surface area contributed by atoms with Crippen LogP contribution in [-0.4, -0.2) is 21.6 Å². The van der Waals surface area contributed by atoms with Gasteiger partial charge in [-0.15, -0.1) is 11.6 Å². The molecule has 0 aliphatic heterocycles. The number of rotatable bonds is 5. The molecule has 1 heterocycles. The van der Waals surface area contributed by atoms with Gasteiger partial charge in [0, 0.05) is 24.0 Å². The Labute approximate surface area is 81.8 Å². The van der Waals surface area contributed by atoms with Gasteiger partial charge in [-0.3, -0.25) is 0 Å². The van der Waals surface area contributed by atoms with E-state index in [4.69, 9.17) is 11.6 Å². The van der Waals surface area contributed by atoms with Crippen molar-refractivity contribution < 1.29 is 0 Å². The topological polar surface area (TPSA) is 25.8 Å². The molecule has 0 aliphatic rings. The normalized spacial score (nSPS) is 10.1. The monoisotopic (exact) mass is 202 g/mol. The van der Waals surface area contributed by atoms with Crippen molar-refractivity contribution in [2.45, 2.75) is 18.0 Å². The van der Waals surface area contributed by atoms with Crippen LogP contribution in [0.4, 0.5) is 0 Å². The molecule has 0 radical (unpaired) electrons. The van der Waals surface area contributed by atoms with E-state index in [2.05, 4.69) is 9.97 Å². The Bertz CT molecular complexity index is 205. The molecule has 0 bridgehead atoms. The third-order valence-electron chi connectivity index (χ3n) is 1.30. The second-order valence-electron chi connectivity index (χ2n) is 2.28. The Morgan fingerprint density at radius 2 is 2.00 bits per heavy atom. The molecule has 12 heavy (non-hydrogen) atoms. The summed E-state index contributed by atoms with van der Waals surface area (Å²) in [4.78, 5) is 8.19. The van der Waals surface area contributed by atoms with E-state index in [-0.39, 0.29) is 0 Å². The van der Waals surface area contributed by atoms with Crippen LogP contribution in [0.25, 0.3) is 0 Å². The van der Waals surface area contributed by atoms with E-state index in [0.29, 0.717) is 0 Å². The Balaban J connectivity index is 2.16. The summed E-state index contributed by atoms with van der Waals surface area (Å²) in [6.45, 7) is 0. The second kappa shape index (κ2) is 6.26. The number of alkyl halides is 1. The third-order valence-corrected chi connectivity index (χ3v) is 2.53. The first-order chi connectivity index (χ1) is 5.93. The zero-order chi connectivity index (χ0) is 8.65. The van der Waals surface area contributed by atoms with E-state index in [9.17, 15) is 0 Å². The number of halogens is 1. The Kier molecular flexibility index (Phi) is 5.11. The first kappa shape index (κ1) is 9.81. The van der Waals surface area contributed by atoms with Gasteiger partial charge in [-0.2, -0.15) is 0 Å². The lowest BCUT2D eigenvalue weighted by molar-refractivity contribution is 0.894. The third kappa shape index (κ3) is 3.93. The summed E-state index contributed by atoms with van der Waals surface area (Å²) < 4.78 is 0. The van der Waals surface area contributed by atoms with Gasteiger partial charge in [0.05, 0.1) is 0 Å². The molecule has 0 aliphatic carbocycles. The van der Waals surface area contributed by atoms with Crippen LogP contribution in [-0.2, 0) is 0 Å². The van der Waals surface area contributed by atoms with Crippen LogP contribution < -0.4 is 0 Å². The maximum Gasteiger partial charge on any atom is 0.187 e. The first-order valence-corrected chi connectivity index (χ1v) is 5.41. The van der Waals surface area contributed by atoms with Crippen molar-refractivity contribution in [1.82, 2.24) is 9.97 Å². The minimum Gasteiger partial charge on any atom is -0.231 e. The highest BCUT2D eigenvalue weighted by atomic mass is 35.5. The summed E-state index contributed by atoms with van der Waals surface area (Å²) in [7, 11) is 0. The van der Waals surface area contributed by atoms with Crippen LogP contribution in [0, 0.1) is 0 Å². The molecule has 66 valence electrons. The fourth-order valence-corrected chi connectivity index (χ4v) is 1.71. The van der Waals surface area contributed by atoms with Crippen molar-refractivity contribution in [2.75, 3.05) is 11.6 Å². The number of nitrogens with zero attached hydrogens (tertiary/aromatic N) is 2. The lowest BCUT2D eigenvalue weighted by Gasteiger charge is -1.96. The van der Waals surface area contributed by atoms with Crippen LogP contribution in [0.3, 0.4) is 0 Å². The lowest BCUT2D eigenvalue weighted by atomic mass is 10.4. The van der Waals surface area contributed by atoms with E-state index in [0.717, 1.165) is 29.6 Å². The van der Waals surface area contributed by atoms with Crippen molar-refractivity contribution in [1.29, 1.82) is 0 Å². The molecule has 1 rings (SSSR count). The van der Waals surface area contributed by atoms with Crippen LogP contribution in [0.15, 0.2) is 23.6 Å². The maximum atomic E-state index is 5.54. The van der Waals surface area contributed by atoms with Crippen LogP contribution in [0.1, 0.15) is 12.8 Å². The predicted octanol–water partition coefficient (Wildman–Crippen LogP) is 2.59. The average Bonchev–Trinajstić information content (AvgIpc) is 2.14. The number of aromatic nitrogens is 2. The summed E-state index contributed by atoms with van der Waals surface area (Å²) in [5.41, 5.74) is 0. The molecular weight excluding hydrogens is 192 g/mol. The van der Waals surface area contributed by atoms with Gasteiger partial charge in [0.25, 0.3) is 0 Å². The van der Waals surface area contributed by atoms with Gasteiger partial charge in [-0.25, -0.2) is 9.97 Å². The van der Waals surface area contributed by atoms with Crippen molar-refractivity contribution >= 4 is 23.4 Å². The molecule has 0 unspecified atom stereocenters. The molecule has 0 fully saturated rings. The van der Waals surface area contributed by atoms with E-state index >= 15 is 0 Å². The van der Waals surface area contributed by atoms with Crippen molar-refractivity contribution in [2.24, 2.45) is 0 Å². The van der Waals surface area contributed by atoms with Gasteiger partial charge in [0.2, 0.25) is 0 Å². The Morgan fingerprint density at radius 1 is 1.25 bits per heavy atom. The van der Waals surface area contributed by atoms with Crippen LogP contribution in [0.2, 0.25) is 0 Å². The smallest absolute Gasteiger partial charge is 0.187 e. The quantitative estimate of drug-likeness (QED) is 0.318. The number of hydrogen-bond acceptors (Lipinski definition) is 3. The van der Waals surface area contributed by atoms with Gasteiger partial charge in [0.1, 0.15) is 0 Å². The summed E-state index contributed by atoms with van der Waals surface area (Å²) in [6, 6.07) is 1.82. The molecule has 0 aromatic carbocycles. The Hall–Kier alpha value is -0.280. The van der Waals surface area contributed by atoms with Gasteiger partial charge < -0.3 is 0 Å². The molecule has 0 N–H and O–H groups in total. The molecule has 0 atom stereocenters. The highest BCUT2D eigenvalue weighted by Gasteiger charge is 1.94. The number of unbranched alkanes of at least 4 members (excludes halogenated alkanes) is 1. The molecule has 2 nitrogen and oxygen atoms in total. The number of hydrogen-bond donors (Lipinski definition) is 0. The highest BCUT2D eigenvalue weighted by molar-refractivity contribution is 7.99.